The molecule has 0 heterocycles. The fraction of sp³-hybridized carbons (Fsp3) is 0.404. The number of carbonyl (C=O) groups excluding carboxylic acids is 4. The molecule has 4 rings (SSSR count). The SMILES string of the molecule is COCCOc1c(B(O)O)ccc(C(=O)NN(C(=O)c2cc(C)cc(C)c2)[C@H](CCCc2cc(C)cc(C(=O)N(NC(=O)c3c(F)cc(B(O)O)cc3F)C(C)(C)C)c2)C(C)(C)C)c1C. The molecule has 0 spiro atoms. The Balaban J connectivity index is 1.66. The van der Waals surface area contributed by atoms with E-state index in [4.69, 9.17) is 9.47 Å². The Morgan fingerprint density at radius 3 is 1.82 bits per heavy atom. The first-order chi connectivity index (χ1) is 30.2. The minimum Gasteiger partial charge on any atom is -0.491 e. The Kier molecular flexibility index (Phi) is 17.2. The van der Waals surface area contributed by atoms with Gasteiger partial charge in [-0.05, 0) is 127 Å². The molecule has 14 nitrogen and oxygen atoms in total. The second-order valence-corrected chi connectivity index (χ2v) is 18.3. The number of nitrogens with zero attached hydrogens (tertiary/aromatic N) is 2. The van der Waals surface area contributed by atoms with E-state index in [2.05, 4.69) is 10.9 Å². The van der Waals surface area contributed by atoms with Crippen molar-refractivity contribution in [3.63, 3.8) is 0 Å². The monoisotopic (exact) mass is 900 g/mol. The van der Waals surface area contributed by atoms with Crippen molar-refractivity contribution in [3.05, 3.63) is 122 Å². The van der Waals surface area contributed by atoms with Crippen LogP contribution in [0, 0.1) is 44.7 Å². The molecule has 0 saturated carbocycles. The van der Waals surface area contributed by atoms with E-state index in [0.717, 1.165) is 21.7 Å². The lowest BCUT2D eigenvalue weighted by molar-refractivity contribution is 0.0267. The molecule has 1 atom stereocenters. The lowest BCUT2D eigenvalue weighted by Gasteiger charge is -2.40. The number of ether oxygens (including phenoxy) is 2. The minimum atomic E-state index is -2.17. The molecule has 65 heavy (non-hydrogen) atoms. The molecule has 348 valence electrons. The minimum absolute atomic E-state index is 0.0564. The number of hydrogen-bond acceptors (Lipinski definition) is 10. The number of carbonyl (C=O) groups is 4. The maximum Gasteiger partial charge on any atom is 0.492 e. The van der Waals surface area contributed by atoms with Crippen LogP contribution in [0.25, 0.3) is 0 Å². The number of hydrazine groups is 2. The van der Waals surface area contributed by atoms with Gasteiger partial charge >= 0.3 is 14.2 Å². The van der Waals surface area contributed by atoms with Crippen LogP contribution in [0.2, 0.25) is 0 Å². The number of nitrogens with one attached hydrogen (secondary N) is 2. The van der Waals surface area contributed by atoms with Crippen molar-refractivity contribution < 1.29 is 57.5 Å². The third-order valence-electron chi connectivity index (χ3n) is 10.7. The van der Waals surface area contributed by atoms with Gasteiger partial charge in [0.1, 0.15) is 29.6 Å². The van der Waals surface area contributed by atoms with Crippen LogP contribution >= 0.6 is 0 Å². The van der Waals surface area contributed by atoms with Gasteiger partial charge in [0.2, 0.25) is 0 Å². The average Bonchev–Trinajstić information content (AvgIpc) is 3.19. The summed E-state index contributed by atoms with van der Waals surface area (Å²) in [5.41, 5.74) is 6.27. The summed E-state index contributed by atoms with van der Waals surface area (Å²) in [6.45, 7) is 18.2. The molecule has 4 aromatic carbocycles. The van der Waals surface area contributed by atoms with Crippen molar-refractivity contribution in [3.8, 4) is 5.75 Å². The molecule has 0 bridgehead atoms. The van der Waals surface area contributed by atoms with Crippen LogP contribution in [0.15, 0.2) is 60.7 Å². The van der Waals surface area contributed by atoms with Crippen molar-refractivity contribution in [2.45, 2.75) is 100 Å². The summed E-state index contributed by atoms with van der Waals surface area (Å²) in [6.07, 6.45) is 1.27. The molecular formula is C47H60B2F2N4O10. The van der Waals surface area contributed by atoms with Crippen LogP contribution in [0.4, 0.5) is 8.78 Å². The van der Waals surface area contributed by atoms with Gasteiger partial charge in [-0.2, -0.15) is 0 Å². The van der Waals surface area contributed by atoms with Gasteiger partial charge in [0.05, 0.1) is 18.2 Å². The van der Waals surface area contributed by atoms with E-state index < -0.39 is 77.5 Å². The number of halogens is 2. The van der Waals surface area contributed by atoms with Crippen molar-refractivity contribution >= 4 is 48.8 Å². The molecule has 0 aliphatic heterocycles. The van der Waals surface area contributed by atoms with E-state index in [0.29, 0.717) is 48.1 Å². The van der Waals surface area contributed by atoms with Gasteiger partial charge in [0.25, 0.3) is 23.6 Å². The molecule has 0 unspecified atom stereocenters. The van der Waals surface area contributed by atoms with Crippen molar-refractivity contribution in [2.24, 2.45) is 5.41 Å². The molecule has 4 amide bonds. The second-order valence-electron chi connectivity index (χ2n) is 18.3. The zero-order valence-electron chi connectivity index (χ0n) is 38.9. The molecule has 18 heteroatoms. The number of hydrogen-bond donors (Lipinski definition) is 6. The van der Waals surface area contributed by atoms with Gasteiger partial charge in [-0.3, -0.25) is 30.0 Å². The quantitative estimate of drug-likeness (QED) is 0.0566. The highest BCUT2D eigenvalue weighted by atomic mass is 19.1. The highest BCUT2D eigenvalue weighted by Gasteiger charge is 2.37. The predicted octanol–water partition coefficient (Wildman–Crippen LogP) is 4.39. The predicted molar refractivity (Wildman–Crippen MR) is 245 cm³/mol. The average molecular weight is 901 g/mol. The maximum absolute atomic E-state index is 14.9. The number of benzene rings is 4. The third kappa shape index (κ3) is 13.2. The number of rotatable bonds is 15. The van der Waals surface area contributed by atoms with Crippen molar-refractivity contribution in [2.75, 3.05) is 20.3 Å². The molecule has 6 N–H and O–H groups in total. The Morgan fingerprint density at radius 1 is 0.723 bits per heavy atom. The van der Waals surface area contributed by atoms with E-state index in [1.807, 2.05) is 46.8 Å². The Morgan fingerprint density at radius 2 is 1.29 bits per heavy atom. The zero-order chi connectivity index (χ0) is 48.7. The summed E-state index contributed by atoms with van der Waals surface area (Å²) in [6, 6.07) is 14.1. The van der Waals surface area contributed by atoms with E-state index in [9.17, 15) is 48.1 Å². The molecule has 0 radical (unpaired) electrons. The lowest BCUT2D eigenvalue weighted by Crippen LogP contribution is -2.56. The Hall–Kier alpha value is -5.65. The van der Waals surface area contributed by atoms with Crippen molar-refractivity contribution in [1.82, 2.24) is 20.9 Å². The normalized spacial score (nSPS) is 12.0. The lowest BCUT2D eigenvalue weighted by atomic mass is 9.77. The van der Waals surface area contributed by atoms with Crippen LogP contribution in [-0.4, -0.2) is 99.9 Å². The zero-order valence-corrected chi connectivity index (χ0v) is 38.9. The highest BCUT2D eigenvalue weighted by Crippen LogP contribution is 2.31. The fourth-order valence-electron chi connectivity index (χ4n) is 7.61. The second kappa shape index (κ2) is 21.6. The Bertz CT molecular complexity index is 2360. The van der Waals surface area contributed by atoms with E-state index in [1.165, 1.54) is 24.3 Å². The molecule has 0 aliphatic rings. The van der Waals surface area contributed by atoms with Crippen LogP contribution in [-0.2, 0) is 11.2 Å². The molecule has 4 aromatic rings. The number of amides is 4. The standard InChI is InChI=1S/C47H60B2F2N4O10/c1-27-19-28(2)22-32(21-27)44(58)54(52-42(56)35-15-16-36(49(62)63)41(30(35)4)65-18-17-64-11)39(46(5,6)7)14-12-13-31-20-29(3)23-33(24-31)45(59)55(47(8,9)10)53-43(57)40-37(50)25-34(48(60)61)26-38(40)51/h15-16,19-26,39,60-63H,12-14,17-18H2,1-11H3,(H,52,56)(H,53,57)/t39-/m1/s1. The Labute approximate surface area is 380 Å². The number of methoxy groups -OCH3 is 1. The summed E-state index contributed by atoms with van der Waals surface area (Å²) >= 11 is 0. The molecule has 0 aromatic heterocycles. The molecule has 0 saturated heterocycles. The van der Waals surface area contributed by atoms with Crippen LogP contribution in [0.3, 0.4) is 0 Å². The van der Waals surface area contributed by atoms with Gasteiger partial charge in [0.15, 0.2) is 0 Å². The van der Waals surface area contributed by atoms with Gasteiger partial charge < -0.3 is 29.6 Å². The summed E-state index contributed by atoms with van der Waals surface area (Å²) in [7, 11) is -2.56. The van der Waals surface area contributed by atoms with E-state index in [-0.39, 0.29) is 35.6 Å². The molecule has 0 fully saturated rings. The summed E-state index contributed by atoms with van der Waals surface area (Å²) in [4.78, 5) is 56.4. The first-order valence-corrected chi connectivity index (χ1v) is 21.2. The van der Waals surface area contributed by atoms with Crippen LogP contribution < -0.4 is 26.5 Å². The largest absolute Gasteiger partial charge is 0.492 e. The highest BCUT2D eigenvalue weighted by molar-refractivity contribution is 6.60. The van der Waals surface area contributed by atoms with E-state index >= 15 is 0 Å². The number of aryl methyl sites for hydroxylation is 4. The summed E-state index contributed by atoms with van der Waals surface area (Å²) in [5, 5.41) is 41.2. The summed E-state index contributed by atoms with van der Waals surface area (Å²) in [5.74, 6) is -5.60. The third-order valence-corrected chi connectivity index (χ3v) is 10.7. The van der Waals surface area contributed by atoms with Crippen LogP contribution in [0.1, 0.15) is 124 Å². The van der Waals surface area contributed by atoms with E-state index in [1.54, 1.807) is 58.9 Å². The van der Waals surface area contributed by atoms with Gasteiger partial charge in [-0.1, -0.05) is 55.7 Å². The first-order valence-electron chi connectivity index (χ1n) is 21.2. The van der Waals surface area contributed by atoms with Gasteiger partial charge in [-0.25, -0.2) is 18.8 Å². The van der Waals surface area contributed by atoms with Crippen molar-refractivity contribution in [1.29, 1.82) is 0 Å². The van der Waals surface area contributed by atoms with Crippen LogP contribution in [0.5, 0.6) is 5.75 Å². The maximum atomic E-state index is 14.9. The summed E-state index contributed by atoms with van der Waals surface area (Å²) < 4.78 is 40.8. The fourth-order valence-corrected chi connectivity index (χ4v) is 7.61. The smallest absolute Gasteiger partial charge is 0.491 e. The topological polar surface area (TPSA) is 198 Å². The first kappa shape index (κ1) is 52.0. The van der Waals surface area contributed by atoms with Gasteiger partial charge in [-0.15, -0.1) is 0 Å². The molecular weight excluding hydrogens is 840 g/mol. The molecule has 0 aliphatic carbocycles. The van der Waals surface area contributed by atoms with Gasteiger partial charge in [0, 0.05) is 34.8 Å².